The van der Waals surface area contributed by atoms with E-state index in [-0.39, 0.29) is 0 Å². The highest BCUT2D eigenvalue weighted by Gasteiger charge is 2.11. The molecular weight excluding hydrogens is 148 g/mol. The summed E-state index contributed by atoms with van der Waals surface area (Å²) >= 11 is 5.50. The Kier molecular flexibility index (Phi) is 4.10. The van der Waals surface area contributed by atoms with Crippen LogP contribution in [-0.2, 0) is 0 Å². The third-order valence-corrected chi connectivity index (χ3v) is 2.01. The van der Waals surface area contributed by atoms with Gasteiger partial charge in [0, 0.05) is 25.0 Å². The fourth-order valence-electron chi connectivity index (χ4n) is 1.27. The molecule has 1 fully saturated rings. The number of hydrogen-bond donors (Lipinski definition) is 2. The minimum absolute atomic E-state index is 0.697. The van der Waals surface area contributed by atoms with Crippen molar-refractivity contribution in [3.05, 3.63) is 0 Å². The van der Waals surface area contributed by atoms with Gasteiger partial charge in [-0.3, -0.25) is 0 Å². The molecule has 0 amide bonds. The van der Waals surface area contributed by atoms with Crippen LogP contribution < -0.4 is 10.6 Å². The summed E-state index contributed by atoms with van der Waals surface area (Å²) in [6.07, 6.45) is 2.64. The molecule has 0 aromatic rings. The predicted molar refractivity (Wildman–Crippen MR) is 44.6 cm³/mol. The largest absolute Gasteiger partial charge is 0.314 e. The van der Waals surface area contributed by atoms with Gasteiger partial charge in [-0.2, -0.15) is 0 Å². The molecule has 1 aliphatic rings. The molecule has 10 heavy (non-hydrogen) atoms. The smallest absolute Gasteiger partial charge is 0.0348 e. The summed E-state index contributed by atoms with van der Waals surface area (Å²) in [5, 5.41) is 6.69. The molecule has 0 unspecified atom stereocenters. The normalized spacial score (nSPS) is 25.5. The van der Waals surface area contributed by atoms with Crippen LogP contribution in [-0.4, -0.2) is 31.6 Å². The van der Waals surface area contributed by atoms with Crippen molar-refractivity contribution in [3.63, 3.8) is 0 Å². The summed E-state index contributed by atoms with van der Waals surface area (Å²) in [6, 6.07) is 0.697. The molecule has 0 aromatic carbocycles. The molecule has 60 valence electrons. The van der Waals surface area contributed by atoms with Gasteiger partial charge in [0.2, 0.25) is 0 Å². The summed E-state index contributed by atoms with van der Waals surface area (Å²) < 4.78 is 0. The second-order valence-electron chi connectivity index (χ2n) is 2.69. The van der Waals surface area contributed by atoms with Crippen LogP contribution in [0, 0.1) is 0 Å². The van der Waals surface area contributed by atoms with E-state index < -0.39 is 0 Å². The van der Waals surface area contributed by atoms with Crippen molar-refractivity contribution in [2.24, 2.45) is 0 Å². The Bertz CT molecular complexity index is 81.7. The molecule has 1 rings (SSSR count). The topological polar surface area (TPSA) is 24.1 Å². The zero-order chi connectivity index (χ0) is 7.23. The minimum atomic E-state index is 0.697. The second kappa shape index (κ2) is 4.94. The maximum absolute atomic E-state index is 5.50. The van der Waals surface area contributed by atoms with Gasteiger partial charge in [-0.1, -0.05) is 0 Å². The van der Waals surface area contributed by atoms with Crippen LogP contribution in [0.5, 0.6) is 0 Å². The van der Waals surface area contributed by atoms with Crippen molar-refractivity contribution >= 4 is 11.6 Å². The van der Waals surface area contributed by atoms with Gasteiger partial charge in [-0.05, 0) is 19.4 Å². The molecule has 2 nitrogen and oxygen atoms in total. The molecule has 0 aliphatic carbocycles. The van der Waals surface area contributed by atoms with Crippen LogP contribution in [0.1, 0.15) is 12.8 Å². The summed E-state index contributed by atoms with van der Waals surface area (Å²) in [7, 11) is 0. The first kappa shape index (κ1) is 8.31. The van der Waals surface area contributed by atoms with Crippen LogP contribution in [0.25, 0.3) is 0 Å². The number of alkyl halides is 1. The van der Waals surface area contributed by atoms with Gasteiger partial charge in [0.05, 0.1) is 0 Å². The molecule has 1 saturated heterocycles. The van der Waals surface area contributed by atoms with E-state index in [0.717, 1.165) is 13.1 Å². The molecule has 0 aromatic heterocycles. The third kappa shape index (κ3) is 2.86. The maximum atomic E-state index is 5.50. The zero-order valence-electron chi connectivity index (χ0n) is 6.20. The van der Waals surface area contributed by atoms with Gasteiger partial charge in [0.1, 0.15) is 0 Å². The molecular formula is C7H15ClN2. The molecule has 0 spiro atoms. The van der Waals surface area contributed by atoms with E-state index in [1.807, 2.05) is 0 Å². The van der Waals surface area contributed by atoms with E-state index in [1.54, 1.807) is 0 Å². The first-order valence-corrected chi connectivity index (χ1v) is 4.47. The predicted octanol–water partition coefficient (Wildman–Crippen LogP) is 0.567. The molecule has 2 N–H and O–H groups in total. The maximum Gasteiger partial charge on any atom is 0.0348 e. The van der Waals surface area contributed by atoms with E-state index in [0.29, 0.717) is 11.9 Å². The Hall–Kier alpha value is 0.210. The van der Waals surface area contributed by atoms with E-state index >= 15 is 0 Å². The summed E-state index contributed by atoms with van der Waals surface area (Å²) in [5.74, 6) is 0.715. The first-order valence-electron chi connectivity index (χ1n) is 3.93. The summed E-state index contributed by atoms with van der Waals surface area (Å²) in [5.41, 5.74) is 0. The SMILES string of the molecule is ClCCNC[C@@H]1CCCN1. The van der Waals surface area contributed by atoms with Crippen LogP contribution >= 0.6 is 11.6 Å². The molecule has 3 heteroatoms. The summed E-state index contributed by atoms with van der Waals surface area (Å²) in [6.45, 7) is 3.19. The monoisotopic (exact) mass is 162 g/mol. The molecule has 0 bridgehead atoms. The van der Waals surface area contributed by atoms with Crippen molar-refractivity contribution in [2.75, 3.05) is 25.5 Å². The molecule has 1 heterocycles. The highest BCUT2D eigenvalue weighted by molar-refractivity contribution is 6.18. The lowest BCUT2D eigenvalue weighted by Crippen LogP contribution is -2.34. The second-order valence-corrected chi connectivity index (χ2v) is 3.06. The lowest BCUT2D eigenvalue weighted by atomic mass is 10.2. The van der Waals surface area contributed by atoms with Crippen LogP contribution in [0.4, 0.5) is 0 Å². The third-order valence-electron chi connectivity index (χ3n) is 1.82. The Morgan fingerprint density at radius 1 is 1.60 bits per heavy atom. The number of halogens is 1. The Labute approximate surface area is 67.3 Å². The number of nitrogens with one attached hydrogen (secondary N) is 2. The molecule has 0 radical (unpaired) electrons. The average Bonchev–Trinajstić information content (AvgIpc) is 2.41. The van der Waals surface area contributed by atoms with Gasteiger partial charge in [0.25, 0.3) is 0 Å². The Balaban J connectivity index is 1.91. The van der Waals surface area contributed by atoms with Crippen molar-refractivity contribution in [2.45, 2.75) is 18.9 Å². The highest BCUT2D eigenvalue weighted by Crippen LogP contribution is 2.02. The first-order chi connectivity index (χ1) is 4.93. The van der Waals surface area contributed by atoms with Gasteiger partial charge >= 0.3 is 0 Å². The zero-order valence-corrected chi connectivity index (χ0v) is 6.95. The number of hydrogen-bond acceptors (Lipinski definition) is 2. The fourth-order valence-corrected chi connectivity index (χ4v) is 1.41. The molecule has 1 atom stereocenters. The van der Waals surface area contributed by atoms with E-state index in [4.69, 9.17) is 11.6 Å². The van der Waals surface area contributed by atoms with Gasteiger partial charge < -0.3 is 10.6 Å². The van der Waals surface area contributed by atoms with Gasteiger partial charge in [-0.25, -0.2) is 0 Å². The fraction of sp³-hybridized carbons (Fsp3) is 1.00. The Morgan fingerprint density at radius 2 is 2.50 bits per heavy atom. The lowest BCUT2D eigenvalue weighted by molar-refractivity contribution is 0.547. The van der Waals surface area contributed by atoms with Crippen molar-refractivity contribution < 1.29 is 0 Å². The van der Waals surface area contributed by atoms with Crippen LogP contribution in [0.15, 0.2) is 0 Å². The van der Waals surface area contributed by atoms with E-state index in [1.165, 1.54) is 19.4 Å². The number of rotatable bonds is 4. The standard InChI is InChI=1S/C7H15ClN2/c8-3-5-9-6-7-2-1-4-10-7/h7,9-10H,1-6H2/t7-/m0/s1. The molecule has 0 saturated carbocycles. The average molecular weight is 163 g/mol. The quantitative estimate of drug-likeness (QED) is 0.467. The van der Waals surface area contributed by atoms with Gasteiger partial charge in [-0.15, -0.1) is 11.6 Å². The Morgan fingerprint density at radius 3 is 3.10 bits per heavy atom. The highest BCUT2D eigenvalue weighted by atomic mass is 35.5. The van der Waals surface area contributed by atoms with Crippen molar-refractivity contribution in [1.82, 2.24) is 10.6 Å². The van der Waals surface area contributed by atoms with Gasteiger partial charge in [0.15, 0.2) is 0 Å². The minimum Gasteiger partial charge on any atom is -0.314 e. The summed E-state index contributed by atoms with van der Waals surface area (Å²) in [4.78, 5) is 0. The molecule has 1 aliphatic heterocycles. The van der Waals surface area contributed by atoms with Crippen molar-refractivity contribution in [3.8, 4) is 0 Å². The van der Waals surface area contributed by atoms with Crippen molar-refractivity contribution in [1.29, 1.82) is 0 Å². The van der Waals surface area contributed by atoms with Crippen LogP contribution in [0.2, 0.25) is 0 Å². The van der Waals surface area contributed by atoms with E-state index in [9.17, 15) is 0 Å². The van der Waals surface area contributed by atoms with E-state index in [2.05, 4.69) is 10.6 Å². The van der Waals surface area contributed by atoms with Crippen LogP contribution in [0.3, 0.4) is 0 Å². The lowest BCUT2D eigenvalue weighted by Gasteiger charge is -2.09.